The van der Waals surface area contributed by atoms with Gasteiger partial charge in [-0.2, -0.15) is 0 Å². The zero-order chi connectivity index (χ0) is 24.1. The number of carbonyl (C=O) groups excluding carboxylic acids is 1. The molecular formula is C28H28ClN3O2. The Morgan fingerprint density at radius 1 is 1.00 bits per heavy atom. The molecule has 0 fully saturated rings. The highest BCUT2D eigenvalue weighted by Gasteiger charge is 2.25. The monoisotopic (exact) mass is 473 g/mol. The molecule has 0 aliphatic carbocycles. The molecule has 0 aliphatic heterocycles. The third-order valence-electron chi connectivity index (χ3n) is 5.67. The van der Waals surface area contributed by atoms with Crippen LogP contribution in [0.4, 0.5) is 0 Å². The lowest BCUT2D eigenvalue weighted by Gasteiger charge is -2.17. The second-order valence-electron chi connectivity index (χ2n) is 7.95. The smallest absolute Gasteiger partial charge is 0.270 e. The Balaban J connectivity index is 1.80. The van der Waals surface area contributed by atoms with Crippen molar-refractivity contribution in [3.05, 3.63) is 95.1 Å². The van der Waals surface area contributed by atoms with E-state index >= 15 is 0 Å². The molecule has 1 aromatic heterocycles. The van der Waals surface area contributed by atoms with Gasteiger partial charge in [0.25, 0.3) is 5.91 Å². The van der Waals surface area contributed by atoms with E-state index < -0.39 is 0 Å². The predicted octanol–water partition coefficient (Wildman–Crippen LogP) is 6.78. The molecule has 3 aromatic carbocycles. The highest BCUT2D eigenvalue weighted by molar-refractivity contribution is 6.30. The van der Waals surface area contributed by atoms with Crippen LogP contribution in [0.1, 0.15) is 42.9 Å². The van der Waals surface area contributed by atoms with E-state index in [9.17, 15) is 4.79 Å². The van der Waals surface area contributed by atoms with Gasteiger partial charge in [0.15, 0.2) is 0 Å². The number of halogens is 1. The van der Waals surface area contributed by atoms with Crippen molar-refractivity contribution in [2.75, 3.05) is 6.61 Å². The first-order valence-electron chi connectivity index (χ1n) is 11.5. The molecule has 0 radical (unpaired) electrons. The quantitative estimate of drug-likeness (QED) is 0.307. The molecule has 1 N–H and O–H groups in total. The van der Waals surface area contributed by atoms with Gasteiger partial charge in [-0.3, -0.25) is 4.79 Å². The first-order valence-corrected chi connectivity index (χ1v) is 11.8. The summed E-state index contributed by atoms with van der Waals surface area (Å²) in [5.41, 5.74) is 3.92. The molecule has 174 valence electrons. The summed E-state index contributed by atoms with van der Waals surface area (Å²) in [6.07, 6.45) is 0. The van der Waals surface area contributed by atoms with Crippen molar-refractivity contribution in [3.8, 4) is 28.4 Å². The van der Waals surface area contributed by atoms with Crippen molar-refractivity contribution in [2.45, 2.75) is 33.4 Å². The molecule has 0 saturated heterocycles. The number of amides is 1. The van der Waals surface area contributed by atoms with Gasteiger partial charge in [-0.05, 0) is 50.6 Å². The van der Waals surface area contributed by atoms with Crippen LogP contribution in [-0.2, 0) is 6.54 Å². The number of nitrogens with one attached hydrogen (secondary N) is 1. The average Bonchev–Trinajstić information content (AvgIpc) is 3.25. The molecule has 0 saturated carbocycles. The van der Waals surface area contributed by atoms with Crippen molar-refractivity contribution >= 4 is 17.5 Å². The van der Waals surface area contributed by atoms with Crippen LogP contribution in [0.2, 0.25) is 5.02 Å². The number of rotatable bonds is 8. The van der Waals surface area contributed by atoms with Crippen LogP contribution in [0, 0.1) is 0 Å². The zero-order valence-electron chi connectivity index (χ0n) is 19.6. The molecule has 34 heavy (non-hydrogen) atoms. The van der Waals surface area contributed by atoms with E-state index in [2.05, 4.69) is 5.32 Å². The number of carbonyl (C=O) groups is 1. The second-order valence-corrected chi connectivity index (χ2v) is 8.39. The number of benzene rings is 3. The third-order valence-corrected chi connectivity index (χ3v) is 5.92. The van der Waals surface area contributed by atoms with Crippen molar-refractivity contribution in [1.29, 1.82) is 0 Å². The lowest BCUT2D eigenvalue weighted by Crippen LogP contribution is -2.29. The highest BCUT2D eigenvalue weighted by atomic mass is 35.5. The highest BCUT2D eigenvalue weighted by Crippen LogP contribution is 2.32. The third kappa shape index (κ3) is 5.00. The first kappa shape index (κ1) is 23.6. The van der Waals surface area contributed by atoms with Gasteiger partial charge < -0.3 is 14.6 Å². The summed E-state index contributed by atoms with van der Waals surface area (Å²) in [5.74, 6) is 1.31. The second kappa shape index (κ2) is 10.6. The predicted molar refractivity (Wildman–Crippen MR) is 137 cm³/mol. The Kier molecular flexibility index (Phi) is 7.33. The molecule has 0 spiro atoms. The van der Waals surface area contributed by atoms with Gasteiger partial charge in [0, 0.05) is 22.7 Å². The molecule has 0 bridgehead atoms. The fourth-order valence-corrected chi connectivity index (χ4v) is 4.13. The summed E-state index contributed by atoms with van der Waals surface area (Å²) in [6, 6.07) is 24.9. The van der Waals surface area contributed by atoms with Crippen LogP contribution >= 0.6 is 11.6 Å². The summed E-state index contributed by atoms with van der Waals surface area (Å²) in [6.45, 7) is 7.09. The topological polar surface area (TPSA) is 56.2 Å². The van der Waals surface area contributed by atoms with Crippen molar-refractivity contribution in [1.82, 2.24) is 14.9 Å². The van der Waals surface area contributed by atoms with Crippen LogP contribution < -0.4 is 10.1 Å². The van der Waals surface area contributed by atoms with Crippen LogP contribution in [0.25, 0.3) is 22.6 Å². The van der Waals surface area contributed by atoms with Gasteiger partial charge in [-0.25, -0.2) is 4.98 Å². The summed E-state index contributed by atoms with van der Waals surface area (Å²) in [5, 5.41) is 3.81. The number of ether oxygens (including phenoxy) is 1. The van der Waals surface area contributed by atoms with Gasteiger partial charge in [0.2, 0.25) is 0 Å². The van der Waals surface area contributed by atoms with Gasteiger partial charge >= 0.3 is 0 Å². The van der Waals surface area contributed by atoms with Crippen LogP contribution in [0.15, 0.2) is 78.9 Å². The van der Waals surface area contributed by atoms with Crippen LogP contribution in [0.5, 0.6) is 5.75 Å². The largest absolute Gasteiger partial charge is 0.494 e. The minimum absolute atomic E-state index is 0.184. The van der Waals surface area contributed by atoms with Gasteiger partial charge in [-0.1, -0.05) is 66.2 Å². The lowest BCUT2D eigenvalue weighted by atomic mass is 10.1. The Morgan fingerprint density at radius 2 is 1.71 bits per heavy atom. The summed E-state index contributed by atoms with van der Waals surface area (Å²) < 4.78 is 7.68. The van der Waals surface area contributed by atoms with Crippen molar-refractivity contribution < 1.29 is 9.53 Å². The Labute approximate surface area is 205 Å². The molecule has 5 nitrogen and oxygen atoms in total. The Hall–Kier alpha value is -3.57. The fourth-order valence-electron chi connectivity index (χ4n) is 4.00. The minimum atomic E-state index is -0.201. The molecule has 4 aromatic rings. The minimum Gasteiger partial charge on any atom is -0.494 e. The maximum absolute atomic E-state index is 13.7. The molecule has 4 rings (SSSR count). The number of nitrogens with zero attached hydrogens (tertiary/aromatic N) is 2. The number of imidazole rings is 1. The fraction of sp³-hybridized carbons (Fsp3) is 0.214. The summed E-state index contributed by atoms with van der Waals surface area (Å²) in [7, 11) is 0. The molecule has 6 heteroatoms. The van der Waals surface area contributed by atoms with Gasteiger partial charge in [0.05, 0.1) is 12.6 Å². The Bertz CT molecular complexity index is 1270. The molecule has 0 aliphatic rings. The molecule has 1 heterocycles. The van der Waals surface area contributed by atoms with E-state index in [1.165, 1.54) is 0 Å². The lowest BCUT2D eigenvalue weighted by molar-refractivity contribution is 0.0931. The van der Waals surface area contributed by atoms with E-state index in [1.807, 2.05) is 104 Å². The van der Waals surface area contributed by atoms with E-state index in [4.69, 9.17) is 21.3 Å². The average molecular weight is 474 g/mol. The van der Waals surface area contributed by atoms with E-state index in [1.54, 1.807) is 0 Å². The molecule has 1 unspecified atom stereocenters. The number of aromatic nitrogens is 2. The van der Waals surface area contributed by atoms with Crippen LogP contribution in [-0.4, -0.2) is 22.1 Å². The maximum atomic E-state index is 13.7. The summed E-state index contributed by atoms with van der Waals surface area (Å²) in [4.78, 5) is 18.7. The SMILES string of the molecule is CCOc1cccc(-c2nc(-c3ccccc3)n(CC)c2C(=O)NC(C)c2ccc(Cl)cc2)c1. The number of hydrogen-bond acceptors (Lipinski definition) is 3. The van der Waals surface area contributed by atoms with Gasteiger partial charge in [0.1, 0.15) is 23.0 Å². The maximum Gasteiger partial charge on any atom is 0.270 e. The van der Waals surface area contributed by atoms with E-state index in [-0.39, 0.29) is 11.9 Å². The zero-order valence-corrected chi connectivity index (χ0v) is 20.3. The number of hydrogen-bond donors (Lipinski definition) is 1. The Morgan fingerprint density at radius 3 is 2.38 bits per heavy atom. The van der Waals surface area contributed by atoms with Crippen molar-refractivity contribution in [2.24, 2.45) is 0 Å². The first-order chi connectivity index (χ1) is 16.5. The summed E-state index contributed by atoms with van der Waals surface area (Å²) >= 11 is 6.03. The van der Waals surface area contributed by atoms with E-state index in [0.717, 1.165) is 28.3 Å². The van der Waals surface area contributed by atoms with E-state index in [0.29, 0.717) is 29.6 Å². The van der Waals surface area contributed by atoms with Crippen LogP contribution in [0.3, 0.4) is 0 Å². The standard InChI is InChI=1S/C28H28ClN3O2/c1-4-32-26(28(33)30-19(3)20-14-16-23(29)17-15-20)25(22-12-9-13-24(18-22)34-5-2)31-27(32)21-10-7-6-8-11-21/h6-19H,4-5H2,1-3H3,(H,30,33). The van der Waals surface area contributed by atoms with Gasteiger partial charge in [-0.15, -0.1) is 0 Å². The normalized spacial score (nSPS) is 11.8. The molecular weight excluding hydrogens is 446 g/mol. The molecule has 1 amide bonds. The van der Waals surface area contributed by atoms with Crippen molar-refractivity contribution in [3.63, 3.8) is 0 Å². The molecule has 1 atom stereocenters.